The first-order valence-corrected chi connectivity index (χ1v) is 6.02. The molecule has 4 heteroatoms. The Kier molecular flexibility index (Phi) is 3.97. The van der Waals surface area contributed by atoms with Crippen molar-refractivity contribution in [3.63, 3.8) is 0 Å². The van der Waals surface area contributed by atoms with Gasteiger partial charge in [-0.15, -0.1) is 0 Å². The van der Waals surface area contributed by atoms with E-state index in [1.54, 1.807) is 0 Å². The van der Waals surface area contributed by atoms with Crippen molar-refractivity contribution in [1.29, 1.82) is 0 Å². The van der Waals surface area contributed by atoms with Crippen LogP contribution in [0.25, 0.3) is 0 Å². The first kappa shape index (κ1) is 12.6. The fraction of sp³-hybridized carbons (Fsp3) is 0.429. The second-order valence-corrected chi connectivity index (χ2v) is 4.33. The van der Waals surface area contributed by atoms with Crippen LogP contribution in [0.4, 0.5) is 0 Å². The van der Waals surface area contributed by atoms with Gasteiger partial charge in [-0.25, -0.2) is 0 Å². The minimum absolute atomic E-state index is 0.0385. The first-order valence-electron chi connectivity index (χ1n) is 6.02. The molecule has 4 nitrogen and oxygen atoms in total. The molecule has 0 aliphatic carbocycles. The van der Waals surface area contributed by atoms with Crippen LogP contribution in [0, 0.1) is 0 Å². The van der Waals surface area contributed by atoms with Crippen LogP contribution in [0.5, 0.6) is 5.75 Å². The van der Waals surface area contributed by atoms with Crippen molar-refractivity contribution in [2.75, 3.05) is 7.11 Å². The fourth-order valence-corrected chi connectivity index (χ4v) is 2.22. The maximum absolute atomic E-state index is 11.3. The van der Waals surface area contributed by atoms with Crippen LogP contribution in [-0.2, 0) is 27.2 Å². The zero-order valence-electron chi connectivity index (χ0n) is 10.3. The molecule has 1 heterocycles. The van der Waals surface area contributed by atoms with Crippen molar-refractivity contribution in [2.24, 2.45) is 0 Å². The number of esters is 1. The molecule has 0 saturated carbocycles. The van der Waals surface area contributed by atoms with Gasteiger partial charge in [0.2, 0.25) is 0 Å². The summed E-state index contributed by atoms with van der Waals surface area (Å²) < 4.78 is 10.4. The van der Waals surface area contributed by atoms with Gasteiger partial charge in [-0.05, 0) is 30.0 Å². The first-order chi connectivity index (χ1) is 8.74. The number of hydrogen-bond acceptors (Lipinski definition) is 4. The highest BCUT2D eigenvalue weighted by molar-refractivity contribution is 5.73. The van der Waals surface area contributed by atoms with Crippen LogP contribution >= 0.6 is 0 Å². The Balaban J connectivity index is 2.19. The molecule has 1 unspecified atom stereocenters. The molecule has 1 aliphatic rings. The minimum atomic E-state index is -0.251. The average molecular weight is 248 g/mol. The molecule has 0 saturated heterocycles. The molecule has 0 N–H and O–H groups in total. The molecule has 1 atom stereocenters. The van der Waals surface area contributed by atoms with E-state index in [0.29, 0.717) is 6.42 Å². The van der Waals surface area contributed by atoms with Gasteiger partial charge in [-0.3, -0.25) is 4.79 Å². The molecule has 0 spiro atoms. The number of rotatable bonds is 4. The van der Waals surface area contributed by atoms with Crippen molar-refractivity contribution in [1.82, 2.24) is 0 Å². The number of ether oxygens (including phenoxy) is 2. The van der Waals surface area contributed by atoms with Gasteiger partial charge in [0.15, 0.2) is 0 Å². The molecule has 0 fully saturated rings. The Morgan fingerprint density at radius 2 is 2.39 bits per heavy atom. The topological polar surface area (TPSA) is 52.6 Å². The number of benzene rings is 1. The van der Waals surface area contributed by atoms with Gasteiger partial charge in [-0.2, -0.15) is 0 Å². The second kappa shape index (κ2) is 5.67. The van der Waals surface area contributed by atoms with Crippen LogP contribution in [0.1, 0.15) is 24.0 Å². The molecule has 2 rings (SSSR count). The standard InChI is InChI=1S/C14H16O4/c1-17-14(16)9-10-3-2-4-13-12(10)6-5-11(18-13)7-8-15/h2-4,8,11H,5-7,9H2,1H3. The summed E-state index contributed by atoms with van der Waals surface area (Å²) in [6, 6.07) is 5.66. The molecular formula is C14H16O4. The van der Waals surface area contributed by atoms with Gasteiger partial charge in [0.05, 0.1) is 13.5 Å². The fourth-order valence-electron chi connectivity index (χ4n) is 2.22. The molecule has 1 aromatic carbocycles. The zero-order chi connectivity index (χ0) is 13.0. The largest absolute Gasteiger partial charge is 0.490 e. The molecule has 0 aromatic heterocycles. The third kappa shape index (κ3) is 2.70. The average Bonchev–Trinajstić information content (AvgIpc) is 2.39. The van der Waals surface area contributed by atoms with Gasteiger partial charge in [-0.1, -0.05) is 12.1 Å². The van der Waals surface area contributed by atoms with E-state index in [2.05, 4.69) is 4.74 Å². The Bertz CT molecular complexity index is 453. The highest BCUT2D eigenvalue weighted by Gasteiger charge is 2.22. The quantitative estimate of drug-likeness (QED) is 0.601. The van der Waals surface area contributed by atoms with Crippen molar-refractivity contribution >= 4 is 12.3 Å². The molecule has 18 heavy (non-hydrogen) atoms. The lowest BCUT2D eigenvalue weighted by Crippen LogP contribution is -2.24. The smallest absolute Gasteiger partial charge is 0.309 e. The molecule has 0 radical (unpaired) electrons. The summed E-state index contributed by atoms with van der Waals surface area (Å²) >= 11 is 0. The maximum atomic E-state index is 11.3. The van der Waals surface area contributed by atoms with Crippen LogP contribution in [0.15, 0.2) is 18.2 Å². The normalized spacial score (nSPS) is 17.5. The van der Waals surface area contributed by atoms with Crippen molar-refractivity contribution in [3.8, 4) is 5.75 Å². The number of hydrogen-bond donors (Lipinski definition) is 0. The van der Waals surface area contributed by atoms with Crippen LogP contribution < -0.4 is 4.74 Å². The summed E-state index contributed by atoms with van der Waals surface area (Å²) in [6.07, 6.45) is 3.17. The summed E-state index contributed by atoms with van der Waals surface area (Å²) in [7, 11) is 1.38. The Morgan fingerprint density at radius 1 is 1.56 bits per heavy atom. The third-order valence-electron chi connectivity index (χ3n) is 3.16. The van der Waals surface area contributed by atoms with Crippen molar-refractivity contribution in [2.45, 2.75) is 31.8 Å². The van der Waals surface area contributed by atoms with Gasteiger partial charge in [0.25, 0.3) is 0 Å². The van der Waals surface area contributed by atoms with Gasteiger partial charge >= 0.3 is 5.97 Å². The van der Waals surface area contributed by atoms with E-state index in [1.807, 2.05) is 18.2 Å². The third-order valence-corrected chi connectivity index (χ3v) is 3.16. The van der Waals surface area contributed by atoms with E-state index in [1.165, 1.54) is 7.11 Å². The van der Waals surface area contributed by atoms with Crippen molar-refractivity contribution in [3.05, 3.63) is 29.3 Å². The summed E-state index contributed by atoms with van der Waals surface area (Å²) in [5.74, 6) is 0.535. The zero-order valence-corrected chi connectivity index (χ0v) is 10.3. The molecule has 1 aliphatic heterocycles. The molecule has 0 bridgehead atoms. The summed E-state index contributed by atoms with van der Waals surface area (Å²) in [5, 5.41) is 0. The maximum Gasteiger partial charge on any atom is 0.309 e. The Labute approximate surface area is 106 Å². The molecule has 0 amide bonds. The predicted octanol–water partition coefficient (Wildman–Crippen LogP) is 1.68. The van der Waals surface area contributed by atoms with E-state index in [-0.39, 0.29) is 18.5 Å². The Morgan fingerprint density at radius 3 is 3.11 bits per heavy atom. The lowest BCUT2D eigenvalue weighted by atomic mass is 9.95. The minimum Gasteiger partial charge on any atom is -0.490 e. The molecule has 1 aromatic rings. The van der Waals surface area contributed by atoms with E-state index < -0.39 is 0 Å². The van der Waals surface area contributed by atoms with Gasteiger partial charge < -0.3 is 14.3 Å². The van der Waals surface area contributed by atoms with E-state index in [9.17, 15) is 9.59 Å². The second-order valence-electron chi connectivity index (χ2n) is 4.33. The number of carbonyl (C=O) groups excluding carboxylic acids is 2. The number of fused-ring (bicyclic) bond motifs is 1. The lowest BCUT2D eigenvalue weighted by Gasteiger charge is -2.26. The van der Waals surface area contributed by atoms with Crippen molar-refractivity contribution < 1.29 is 19.1 Å². The monoisotopic (exact) mass is 248 g/mol. The van der Waals surface area contributed by atoms with E-state index in [4.69, 9.17) is 4.74 Å². The molecular weight excluding hydrogens is 232 g/mol. The van der Waals surface area contributed by atoms with E-state index in [0.717, 1.165) is 36.0 Å². The molecule has 96 valence electrons. The van der Waals surface area contributed by atoms with Crippen LogP contribution in [0.3, 0.4) is 0 Å². The predicted molar refractivity (Wildman–Crippen MR) is 65.6 cm³/mol. The summed E-state index contributed by atoms with van der Waals surface area (Å²) in [4.78, 5) is 21.8. The summed E-state index contributed by atoms with van der Waals surface area (Å²) in [5.41, 5.74) is 2.01. The highest BCUT2D eigenvalue weighted by Crippen LogP contribution is 2.31. The van der Waals surface area contributed by atoms with Gasteiger partial charge in [0.1, 0.15) is 18.1 Å². The number of methoxy groups -OCH3 is 1. The van der Waals surface area contributed by atoms with Gasteiger partial charge in [0, 0.05) is 6.42 Å². The van der Waals surface area contributed by atoms with Crippen LogP contribution in [0.2, 0.25) is 0 Å². The SMILES string of the molecule is COC(=O)Cc1cccc2c1CCC(CC=O)O2. The number of carbonyl (C=O) groups is 2. The van der Waals surface area contributed by atoms with E-state index >= 15 is 0 Å². The number of aldehydes is 1. The van der Waals surface area contributed by atoms with Crippen LogP contribution in [-0.4, -0.2) is 25.5 Å². The Hall–Kier alpha value is -1.84. The summed E-state index contributed by atoms with van der Waals surface area (Å²) in [6.45, 7) is 0. The highest BCUT2D eigenvalue weighted by atomic mass is 16.5. The lowest BCUT2D eigenvalue weighted by molar-refractivity contribution is -0.139.